The Morgan fingerprint density at radius 2 is 2.08 bits per heavy atom. The maximum absolute atomic E-state index is 13.9. The number of carbonyl (C=O) groups excluding carboxylic acids is 3. The standard InChI is InChI=1S/C16H21FN4O3/c1-18-16(24)19-14(22)8-9-20(2)13-7-10-21(15(13)23)12-6-4-3-5-11(12)17/h3-6,13H,7-10H2,1-2H3,(H2,18,19,22,24)/t13-/m0/s1. The molecule has 0 radical (unpaired) electrons. The molecule has 0 bridgehead atoms. The molecule has 1 aliphatic heterocycles. The first-order valence-corrected chi connectivity index (χ1v) is 7.71. The van der Waals surface area contributed by atoms with Gasteiger partial charge in [0.1, 0.15) is 5.82 Å². The third-order valence-corrected chi connectivity index (χ3v) is 4.02. The number of urea groups is 1. The van der Waals surface area contributed by atoms with Crippen molar-refractivity contribution in [3.8, 4) is 0 Å². The summed E-state index contributed by atoms with van der Waals surface area (Å²) < 4.78 is 13.9. The number of anilines is 1. The van der Waals surface area contributed by atoms with Gasteiger partial charge in [0.25, 0.3) is 0 Å². The molecule has 2 rings (SSSR count). The van der Waals surface area contributed by atoms with E-state index in [4.69, 9.17) is 0 Å². The minimum atomic E-state index is -0.565. The summed E-state index contributed by atoms with van der Waals surface area (Å²) in [5, 5.41) is 4.46. The van der Waals surface area contributed by atoms with Gasteiger partial charge in [0, 0.05) is 26.6 Å². The average Bonchev–Trinajstić information content (AvgIpc) is 2.94. The van der Waals surface area contributed by atoms with Crippen LogP contribution in [-0.2, 0) is 9.59 Å². The van der Waals surface area contributed by atoms with E-state index < -0.39 is 23.8 Å². The maximum Gasteiger partial charge on any atom is 0.321 e. The Bertz CT molecular complexity index is 638. The van der Waals surface area contributed by atoms with Gasteiger partial charge < -0.3 is 10.2 Å². The van der Waals surface area contributed by atoms with Gasteiger partial charge in [-0.1, -0.05) is 12.1 Å². The second-order valence-corrected chi connectivity index (χ2v) is 5.60. The summed E-state index contributed by atoms with van der Waals surface area (Å²) >= 11 is 0. The van der Waals surface area contributed by atoms with E-state index in [1.165, 1.54) is 18.0 Å². The van der Waals surface area contributed by atoms with Crippen molar-refractivity contribution in [1.82, 2.24) is 15.5 Å². The maximum atomic E-state index is 13.9. The number of rotatable bonds is 5. The van der Waals surface area contributed by atoms with Crippen molar-refractivity contribution in [3.63, 3.8) is 0 Å². The number of benzene rings is 1. The van der Waals surface area contributed by atoms with Crippen molar-refractivity contribution in [1.29, 1.82) is 0 Å². The molecule has 7 nitrogen and oxygen atoms in total. The molecular weight excluding hydrogens is 315 g/mol. The Kier molecular flexibility index (Phi) is 5.86. The number of imide groups is 1. The van der Waals surface area contributed by atoms with Crippen LogP contribution in [-0.4, -0.2) is 56.0 Å². The lowest BCUT2D eigenvalue weighted by molar-refractivity contribution is -0.123. The normalized spacial score (nSPS) is 17.2. The monoisotopic (exact) mass is 336 g/mol. The van der Waals surface area contributed by atoms with Gasteiger partial charge in [-0.2, -0.15) is 0 Å². The van der Waals surface area contributed by atoms with E-state index in [1.807, 2.05) is 0 Å². The highest BCUT2D eigenvalue weighted by Crippen LogP contribution is 2.26. The highest BCUT2D eigenvalue weighted by molar-refractivity contribution is 5.99. The first kappa shape index (κ1) is 17.9. The van der Waals surface area contributed by atoms with Crippen molar-refractivity contribution in [3.05, 3.63) is 30.1 Å². The number of halogens is 1. The van der Waals surface area contributed by atoms with Crippen molar-refractivity contribution in [2.75, 3.05) is 32.1 Å². The van der Waals surface area contributed by atoms with E-state index >= 15 is 0 Å². The first-order chi connectivity index (χ1) is 11.4. The van der Waals surface area contributed by atoms with E-state index in [-0.39, 0.29) is 18.0 Å². The van der Waals surface area contributed by atoms with Crippen LogP contribution in [0.3, 0.4) is 0 Å². The van der Waals surface area contributed by atoms with Crippen LogP contribution in [0.1, 0.15) is 12.8 Å². The molecule has 1 heterocycles. The predicted molar refractivity (Wildman–Crippen MR) is 87.0 cm³/mol. The van der Waals surface area contributed by atoms with Crippen LogP contribution < -0.4 is 15.5 Å². The van der Waals surface area contributed by atoms with Crippen LogP contribution in [0, 0.1) is 5.82 Å². The molecule has 1 aromatic carbocycles. The summed E-state index contributed by atoms with van der Waals surface area (Å²) in [5.41, 5.74) is 0.274. The summed E-state index contributed by atoms with van der Waals surface area (Å²) in [4.78, 5) is 38.4. The van der Waals surface area contributed by atoms with Crippen LogP contribution in [0.25, 0.3) is 0 Å². The zero-order valence-corrected chi connectivity index (χ0v) is 13.7. The zero-order chi connectivity index (χ0) is 17.7. The van der Waals surface area contributed by atoms with Crippen LogP contribution >= 0.6 is 0 Å². The Morgan fingerprint density at radius 1 is 1.38 bits per heavy atom. The molecule has 8 heteroatoms. The van der Waals surface area contributed by atoms with Crippen molar-refractivity contribution >= 4 is 23.5 Å². The topological polar surface area (TPSA) is 81.8 Å². The molecular formula is C16H21FN4O3. The second-order valence-electron chi connectivity index (χ2n) is 5.60. The molecule has 2 N–H and O–H groups in total. The molecule has 1 fully saturated rings. The third-order valence-electron chi connectivity index (χ3n) is 4.02. The quantitative estimate of drug-likeness (QED) is 0.830. The minimum Gasteiger partial charge on any atom is -0.341 e. The van der Waals surface area contributed by atoms with Gasteiger partial charge in [0.2, 0.25) is 11.8 Å². The molecule has 0 unspecified atom stereocenters. The zero-order valence-electron chi connectivity index (χ0n) is 13.7. The van der Waals surface area contributed by atoms with E-state index in [0.717, 1.165) is 0 Å². The Hall–Kier alpha value is -2.48. The van der Waals surface area contributed by atoms with E-state index in [9.17, 15) is 18.8 Å². The van der Waals surface area contributed by atoms with Crippen LogP contribution in [0.4, 0.5) is 14.9 Å². The first-order valence-electron chi connectivity index (χ1n) is 7.71. The fraction of sp³-hybridized carbons (Fsp3) is 0.438. The fourth-order valence-electron chi connectivity index (χ4n) is 2.67. The Morgan fingerprint density at radius 3 is 2.75 bits per heavy atom. The Balaban J connectivity index is 1.91. The Labute approximate surface area is 139 Å². The summed E-state index contributed by atoms with van der Waals surface area (Å²) in [5.74, 6) is -1.04. The number of carbonyl (C=O) groups is 3. The molecule has 24 heavy (non-hydrogen) atoms. The van der Waals surface area contributed by atoms with E-state index in [2.05, 4.69) is 10.6 Å². The van der Waals surface area contributed by atoms with Crippen LogP contribution in [0.15, 0.2) is 24.3 Å². The largest absolute Gasteiger partial charge is 0.341 e. The molecule has 1 aliphatic rings. The molecule has 0 saturated carbocycles. The smallest absolute Gasteiger partial charge is 0.321 e. The van der Waals surface area contributed by atoms with Crippen molar-refractivity contribution < 1.29 is 18.8 Å². The van der Waals surface area contributed by atoms with E-state index in [1.54, 1.807) is 30.1 Å². The van der Waals surface area contributed by atoms with E-state index in [0.29, 0.717) is 19.5 Å². The minimum absolute atomic E-state index is 0.0907. The molecule has 0 aliphatic carbocycles. The summed E-state index contributed by atoms with van der Waals surface area (Å²) in [6.45, 7) is 0.754. The van der Waals surface area contributed by atoms with Crippen molar-refractivity contribution in [2.24, 2.45) is 0 Å². The highest BCUT2D eigenvalue weighted by Gasteiger charge is 2.36. The van der Waals surface area contributed by atoms with Gasteiger partial charge in [0.05, 0.1) is 11.7 Å². The molecule has 1 aromatic rings. The molecule has 0 spiro atoms. The van der Waals surface area contributed by atoms with Gasteiger partial charge in [0.15, 0.2) is 0 Å². The average molecular weight is 336 g/mol. The van der Waals surface area contributed by atoms with Crippen LogP contribution in [0.2, 0.25) is 0 Å². The van der Waals surface area contributed by atoms with Gasteiger partial charge in [-0.05, 0) is 25.6 Å². The lowest BCUT2D eigenvalue weighted by atomic mass is 10.2. The van der Waals surface area contributed by atoms with Gasteiger partial charge in [-0.25, -0.2) is 9.18 Å². The third kappa shape index (κ3) is 4.08. The summed E-state index contributed by atoms with van der Waals surface area (Å²) in [6, 6.07) is 5.19. The number of likely N-dealkylation sites (N-methyl/N-ethyl adjacent to an activating group) is 1. The SMILES string of the molecule is CNC(=O)NC(=O)CCN(C)[C@H]1CCN(c2ccccc2F)C1=O. The number of hydrogen-bond acceptors (Lipinski definition) is 4. The van der Waals surface area contributed by atoms with Gasteiger partial charge >= 0.3 is 6.03 Å². The predicted octanol–water partition coefficient (Wildman–Crippen LogP) is 0.709. The van der Waals surface area contributed by atoms with Gasteiger partial charge in [-0.15, -0.1) is 0 Å². The van der Waals surface area contributed by atoms with Crippen molar-refractivity contribution in [2.45, 2.75) is 18.9 Å². The number of amides is 4. The number of hydrogen-bond donors (Lipinski definition) is 2. The lowest BCUT2D eigenvalue weighted by Gasteiger charge is -2.23. The number of nitrogens with one attached hydrogen (secondary N) is 2. The van der Waals surface area contributed by atoms with Gasteiger partial charge in [-0.3, -0.25) is 19.8 Å². The molecule has 4 amide bonds. The molecule has 0 aromatic heterocycles. The second kappa shape index (κ2) is 7.87. The lowest BCUT2D eigenvalue weighted by Crippen LogP contribution is -2.43. The highest BCUT2D eigenvalue weighted by atomic mass is 19.1. The molecule has 130 valence electrons. The van der Waals surface area contributed by atoms with Crippen LogP contribution in [0.5, 0.6) is 0 Å². The molecule has 1 saturated heterocycles. The number of nitrogens with zero attached hydrogens (tertiary/aromatic N) is 2. The fourth-order valence-corrected chi connectivity index (χ4v) is 2.67. The summed E-state index contributed by atoms with van der Waals surface area (Å²) in [7, 11) is 3.16. The number of para-hydroxylation sites is 1. The summed E-state index contributed by atoms with van der Waals surface area (Å²) in [6.07, 6.45) is 0.647. The molecule has 1 atom stereocenters.